The van der Waals surface area contributed by atoms with Crippen LogP contribution in [0.2, 0.25) is 0 Å². The van der Waals surface area contributed by atoms with Crippen LogP contribution in [-0.2, 0) is 9.59 Å². The third-order valence-electron chi connectivity index (χ3n) is 5.91. The van der Waals surface area contributed by atoms with E-state index in [2.05, 4.69) is 35.9 Å². The first-order chi connectivity index (χ1) is 11.4. The lowest BCUT2D eigenvalue weighted by molar-refractivity contribution is -0.139. The van der Waals surface area contributed by atoms with E-state index in [1.807, 2.05) is 0 Å². The van der Waals surface area contributed by atoms with Crippen molar-refractivity contribution in [2.45, 2.75) is 65.0 Å². The smallest absolute Gasteiger partial charge is 0.239 e. The molecule has 24 heavy (non-hydrogen) atoms. The lowest BCUT2D eigenvalue weighted by Crippen LogP contribution is -2.54. The van der Waals surface area contributed by atoms with Crippen LogP contribution in [0, 0.1) is 17.8 Å². The Morgan fingerprint density at radius 2 is 1.58 bits per heavy atom. The number of nitrogens with one attached hydrogen (secondary N) is 1. The summed E-state index contributed by atoms with van der Waals surface area (Å²) in [5.74, 6) is 2.02. The lowest BCUT2D eigenvalue weighted by Gasteiger charge is -2.40. The minimum Gasteiger partial charge on any atom is -0.353 e. The second kappa shape index (κ2) is 7.42. The van der Waals surface area contributed by atoms with E-state index in [1.54, 1.807) is 0 Å². The van der Waals surface area contributed by atoms with Gasteiger partial charge in [0.2, 0.25) is 11.8 Å². The van der Waals surface area contributed by atoms with Crippen LogP contribution in [0.3, 0.4) is 0 Å². The van der Waals surface area contributed by atoms with Crippen LogP contribution < -0.4 is 5.32 Å². The van der Waals surface area contributed by atoms with E-state index in [0.29, 0.717) is 17.9 Å². The summed E-state index contributed by atoms with van der Waals surface area (Å²) in [7, 11) is 0. The molecule has 1 aliphatic carbocycles. The van der Waals surface area contributed by atoms with E-state index >= 15 is 0 Å². The van der Waals surface area contributed by atoms with Gasteiger partial charge in [0.25, 0.3) is 0 Å². The molecule has 0 aromatic carbocycles. The number of carbonyl (C=O) groups excluding carboxylic acids is 2. The third-order valence-corrected chi connectivity index (χ3v) is 5.91. The summed E-state index contributed by atoms with van der Waals surface area (Å²) in [6, 6.07) is 0.259. The fraction of sp³-hybridized carbons (Fsp3) is 0.895. The van der Waals surface area contributed by atoms with Gasteiger partial charge in [-0.05, 0) is 50.9 Å². The zero-order chi connectivity index (χ0) is 17.3. The molecular formula is C19H33N3O2. The highest BCUT2D eigenvalue weighted by Gasteiger charge is 2.34. The molecule has 5 heteroatoms. The highest BCUT2D eigenvalue weighted by Crippen LogP contribution is 2.29. The predicted octanol–water partition coefficient (Wildman–Crippen LogP) is 1.87. The molecule has 0 aromatic rings. The number of rotatable bonds is 4. The molecule has 2 amide bonds. The summed E-state index contributed by atoms with van der Waals surface area (Å²) in [6.45, 7) is 10.2. The number of piperidine rings is 2. The molecule has 1 saturated carbocycles. The van der Waals surface area contributed by atoms with Crippen LogP contribution in [0.25, 0.3) is 0 Å². The number of nitrogens with zero attached hydrogens (tertiary/aromatic N) is 2. The highest BCUT2D eigenvalue weighted by atomic mass is 16.2. The predicted molar refractivity (Wildman–Crippen MR) is 94.4 cm³/mol. The molecule has 5 nitrogen and oxygen atoms in total. The Labute approximate surface area is 146 Å². The van der Waals surface area contributed by atoms with E-state index in [-0.39, 0.29) is 23.8 Å². The van der Waals surface area contributed by atoms with Crippen molar-refractivity contribution in [3.63, 3.8) is 0 Å². The van der Waals surface area contributed by atoms with Crippen LogP contribution in [0.5, 0.6) is 0 Å². The van der Waals surface area contributed by atoms with E-state index in [1.165, 1.54) is 6.42 Å². The van der Waals surface area contributed by atoms with Gasteiger partial charge >= 0.3 is 0 Å². The van der Waals surface area contributed by atoms with Gasteiger partial charge in [-0.25, -0.2) is 0 Å². The standard InChI is InChI=1S/C19H33N3O2/c1-13-10-14(2)12-22(11-13)19(24)15(3)21-8-6-17(7-9-21)20-18(23)16-4-5-16/h13-17H,4-12H2,1-3H3,(H,20,23). The minimum atomic E-state index is -0.0393. The Hall–Kier alpha value is -1.10. The molecule has 3 atom stereocenters. The average molecular weight is 335 g/mol. The van der Waals surface area contributed by atoms with Gasteiger partial charge < -0.3 is 10.2 Å². The van der Waals surface area contributed by atoms with Crippen molar-refractivity contribution in [3.8, 4) is 0 Å². The van der Waals surface area contributed by atoms with Crippen molar-refractivity contribution in [2.75, 3.05) is 26.2 Å². The van der Waals surface area contributed by atoms with Crippen molar-refractivity contribution < 1.29 is 9.59 Å². The molecular weight excluding hydrogens is 302 g/mol. The molecule has 2 saturated heterocycles. The van der Waals surface area contributed by atoms with Crippen LogP contribution in [-0.4, -0.2) is 59.9 Å². The van der Waals surface area contributed by atoms with Crippen LogP contribution >= 0.6 is 0 Å². The summed E-state index contributed by atoms with van der Waals surface area (Å²) in [6.07, 6.45) is 5.27. The summed E-state index contributed by atoms with van der Waals surface area (Å²) >= 11 is 0. The molecule has 3 fully saturated rings. The number of carbonyl (C=O) groups is 2. The van der Waals surface area contributed by atoms with Gasteiger partial charge in [0.1, 0.15) is 0 Å². The normalized spacial score (nSPS) is 30.9. The van der Waals surface area contributed by atoms with Crippen LogP contribution in [0.1, 0.15) is 52.9 Å². The van der Waals surface area contributed by atoms with Crippen molar-refractivity contribution in [2.24, 2.45) is 17.8 Å². The topological polar surface area (TPSA) is 52.7 Å². The Morgan fingerprint density at radius 1 is 1.00 bits per heavy atom. The van der Waals surface area contributed by atoms with Gasteiger partial charge in [-0.15, -0.1) is 0 Å². The van der Waals surface area contributed by atoms with Crippen molar-refractivity contribution in [3.05, 3.63) is 0 Å². The minimum absolute atomic E-state index is 0.0393. The monoisotopic (exact) mass is 335 g/mol. The van der Waals surface area contributed by atoms with E-state index in [0.717, 1.165) is 51.9 Å². The lowest BCUT2D eigenvalue weighted by atomic mass is 9.91. The maximum absolute atomic E-state index is 12.9. The Balaban J connectivity index is 1.46. The Morgan fingerprint density at radius 3 is 2.12 bits per heavy atom. The van der Waals surface area contributed by atoms with Gasteiger partial charge in [0.15, 0.2) is 0 Å². The molecule has 3 rings (SSSR count). The zero-order valence-corrected chi connectivity index (χ0v) is 15.5. The van der Waals surface area contributed by atoms with E-state index in [4.69, 9.17) is 0 Å². The first-order valence-electron chi connectivity index (χ1n) is 9.77. The second-order valence-electron chi connectivity index (χ2n) is 8.46. The van der Waals surface area contributed by atoms with Gasteiger partial charge in [-0.2, -0.15) is 0 Å². The Kier molecular flexibility index (Phi) is 5.48. The molecule has 1 N–H and O–H groups in total. The zero-order valence-electron chi connectivity index (χ0n) is 15.5. The molecule has 136 valence electrons. The largest absolute Gasteiger partial charge is 0.353 e. The maximum atomic E-state index is 12.9. The maximum Gasteiger partial charge on any atom is 0.239 e. The highest BCUT2D eigenvalue weighted by molar-refractivity contribution is 5.82. The molecule has 2 heterocycles. The second-order valence-corrected chi connectivity index (χ2v) is 8.46. The van der Waals surface area contributed by atoms with Crippen LogP contribution in [0.4, 0.5) is 0 Å². The molecule has 0 bridgehead atoms. The Bertz CT molecular complexity index is 459. The summed E-state index contributed by atoms with van der Waals surface area (Å²) < 4.78 is 0. The number of likely N-dealkylation sites (tertiary alicyclic amines) is 2. The SMILES string of the molecule is CC1CC(C)CN(C(=O)C(C)N2CCC(NC(=O)C3CC3)CC2)C1. The van der Waals surface area contributed by atoms with E-state index in [9.17, 15) is 9.59 Å². The van der Waals surface area contributed by atoms with Crippen LogP contribution in [0.15, 0.2) is 0 Å². The number of amides is 2. The first-order valence-corrected chi connectivity index (χ1v) is 9.77. The fourth-order valence-corrected chi connectivity index (χ4v) is 4.36. The van der Waals surface area contributed by atoms with Gasteiger partial charge in [0, 0.05) is 38.1 Å². The molecule has 3 unspecified atom stereocenters. The van der Waals surface area contributed by atoms with Crippen molar-refractivity contribution in [1.29, 1.82) is 0 Å². The summed E-state index contributed by atoms with van der Waals surface area (Å²) in [5, 5.41) is 3.18. The molecule has 0 radical (unpaired) electrons. The van der Waals surface area contributed by atoms with Gasteiger partial charge in [-0.3, -0.25) is 14.5 Å². The fourth-order valence-electron chi connectivity index (χ4n) is 4.36. The quantitative estimate of drug-likeness (QED) is 0.853. The number of hydrogen-bond acceptors (Lipinski definition) is 3. The molecule has 3 aliphatic rings. The summed E-state index contributed by atoms with van der Waals surface area (Å²) in [4.78, 5) is 29.1. The van der Waals surface area contributed by atoms with E-state index < -0.39 is 0 Å². The van der Waals surface area contributed by atoms with Crippen molar-refractivity contribution in [1.82, 2.24) is 15.1 Å². The van der Waals surface area contributed by atoms with Gasteiger partial charge in [0.05, 0.1) is 6.04 Å². The third kappa shape index (κ3) is 4.29. The average Bonchev–Trinajstić information content (AvgIpc) is 3.38. The first kappa shape index (κ1) is 17.7. The number of hydrogen-bond donors (Lipinski definition) is 1. The molecule has 0 aromatic heterocycles. The molecule has 2 aliphatic heterocycles. The summed E-state index contributed by atoms with van der Waals surface area (Å²) in [5.41, 5.74) is 0. The van der Waals surface area contributed by atoms with Gasteiger partial charge in [-0.1, -0.05) is 13.8 Å². The van der Waals surface area contributed by atoms with Crippen molar-refractivity contribution >= 4 is 11.8 Å². The molecule has 0 spiro atoms.